The van der Waals surface area contributed by atoms with Crippen molar-refractivity contribution in [1.29, 1.82) is 0 Å². The molecular weight excluding hydrogens is 260 g/mol. The molecule has 0 radical (unpaired) electrons. The average Bonchev–Trinajstić information content (AvgIpc) is 3.09. The van der Waals surface area contributed by atoms with Crippen molar-refractivity contribution >= 4 is 0 Å². The van der Waals surface area contributed by atoms with Gasteiger partial charge in [0.25, 0.3) is 0 Å². The van der Waals surface area contributed by atoms with E-state index < -0.39 is 0 Å². The highest BCUT2D eigenvalue weighted by Gasteiger charge is 2.46. The summed E-state index contributed by atoms with van der Waals surface area (Å²) in [5.41, 5.74) is 2.91. The summed E-state index contributed by atoms with van der Waals surface area (Å²) in [5, 5.41) is 0. The van der Waals surface area contributed by atoms with Gasteiger partial charge >= 0.3 is 0 Å². The van der Waals surface area contributed by atoms with Crippen LogP contribution in [0.3, 0.4) is 0 Å². The Morgan fingerprint density at radius 2 is 1.95 bits per heavy atom. The first-order chi connectivity index (χ1) is 10.0. The third-order valence-electron chi connectivity index (χ3n) is 4.18. The second-order valence-electron chi connectivity index (χ2n) is 6.43. The van der Waals surface area contributed by atoms with Gasteiger partial charge in [0.05, 0.1) is 18.3 Å². The maximum Gasteiger partial charge on any atom is 0.119 e. The van der Waals surface area contributed by atoms with Gasteiger partial charge in [-0.2, -0.15) is 0 Å². The number of hydrogen-bond donors (Lipinski definition) is 0. The molecule has 0 aliphatic carbocycles. The third kappa shape index (κ3) is 5.20. The smallest absolute Gasteiger partial charge is 0.119 e. The zero-order valence-electron chi connectivity index (χ0n) is 13.8. The lowest BCUT2D eigenvalue weighted by Gasteiger charge is -2.06. The van der Waals surface area contributed by atoms with E-state index in [1.807, 2.05) is 0 Å². The number of epoxide rings is 1. The van der Waals surface area contributed by atoms with Gasteiger partial charge in [-0.1, -0.05) is 30.7 Å². The van der Waals surface area contributed by atoms with Gasteiger partial charge in [0.1, 0.15) is 5.75 Å². The second kappa shape index (κ2) is 7.13. The van der Waals surface area contributed by atoms with Crippen LogP contribution in [0.2, 0.25) is 0 Å². The first-order valence-corrected chi connectivity index (χ1v) is 8.06. The van der Waals surface area contributed by atoms with Crippen LogP contribution in [0.25, 0.3) is 0 Å². The molecule has 1 atom stereocenters. The van der Waals surface area contributed by atoms with Crippen molar-refractivity contribution in [1.82, 2.24) is 0 Å². The molecule has 1 heterocycles. The normalized spacial score (nSPS) is 20.4. The van der Waals surface area contributed by atoms with Gasteiger partial charge in [-0.3, -0.25) is 0 Å². The van der Waals surface area contributed by atoms with Gasteiger partial charge in [-0.05, 0) is 64.2 Å². The van der Waals surface area contributed by atoms with Crippen molar-refractivity contribution in [3.05, 3.63) is 41.5 Å². The fourth-order valence-electron chi connectivity index (χ4n) is 2.50. The molecule has 1 saturated heterocycles. The van der Waals surface area contributed by atoms with E-state index in [0.29, 0.717) is 6.10 Å². The fourth-order valence-corrected chi connectivity index (χ4v) is 2.50. The maximum absolute atomic E-state index is 5.76. The second-order valence-corrected chi connectivity index (χ2v) is 6.43. The lowest BCUT2D eigenvalue weighted by Crippen LogP contribution is -2.02. The summed E-state index contributed by atoms with van der Waals surface area (Å²) in [7, 11) is 0. The maximum atomic E-state index is 5.76. The van der Waals surface area contributed by atoms with E-state index in [1.54, 1.807) is 0 Å². The van der Waals surface area contributed by atoms with Crippen LogP contribution in [0.1, 0.15) is 52.5 Å². The lowest BCUT2D eigenvalue weighted by molar-refractivity contribution is 0.319. The van der Waals surface area contributed by atoms with Gasteiger partial charge in [0.2, 0.25) is 0 Å². The monoisotopic (exact) mass is 288 g/mol. The van der Waals surface area contributed by atoms with Crippen LogP contribution in [0, 0.1) is 0 Å². The Balaban J connectivity index is 1.62. The standard InChI is InChI=1S/C19H28O2/c1-5-16-9-11-17(12-10-16)20-14-6-7-15(2)8-13-18-19(3,4)21-18/h7,9-12,18H,5-6,8,13-14H2,1-4H3. The van der Waals surface area contributed by atoms with Gasteiger partial charge in [0, 0.05) is 0 Å². The topological polar surface area (TPSA) is 21.8 Å². The first kappa shape index (κ1) is 16.1. The summed E-state index contributed by atoms with van der Waals surface area (Å²) in [4.78, 5) is 0. The first-order valence-electron chi connectivity index (χ1n) is 8.06. The summed E-state index contributed by atoms with van der Waals surface area (Å²) in [6, 6.07) is 8.38. The predicted molar refractivity (Wildman–Crippen MR) is 87.9 cm³/mol. The highest BCUT2D eigenvalue weighted by atomic mass is 16.6. The molecule has 2 heteroatoms. The Hall–Kier alpha value is -1.28. The fraction of sp³-hybridized carbons (Fsp3) is 0.579. The van der Waals surface area contributed by atoms with E-state index in [9.17, 15) is 0 Å². The Morgan fingerprint density at radius 1 is 1.29 bits per heavy atom. The van der Waals surface area contributed by atoms with Crippen LogP contribution in [0.15, 0.2) is 35.9 Å². The molecule has 0 bridgehead atoms. The predicted octanol–water partition coefficient (Wildman–Crippen LogP) is 4.92. The van der Waals surface area contributed by atoms with E-state index in [0.717, 1.165) is 38.0 Å². The zero-order valence-corrected chi connectivity index (χ0v) is 13.8. The molecular formula is C19H28O2. The Bertz CT molecular complexity index is 471. The molecule has 0 amide bonds. The van der Waals surface area contributed by atoms with E-state index in [1.165, 1.54) is 11.1 Å². The highest BCUT2D eigenvalue weighted by Crippen LogP contribution is 2.38. The van der Waals surface area contributed by atoms with Gasteiger partial charge in [-0.25, -0.2) is 0 Å². The molecule has 1 aromatic carbocycles. The van der Waals surface area contributed by atoms with E-state index >= 15 is 0 Å². The van der Waals surface area contributed by atoms with E-state index in [2.05, 4.69) is 58.0 Å². The molecule has 21 heavy (non-hydrogen) atoms. The largest absolute Gasteiger partial charge is 0.493 e. The number of allylic oxidation sites excluding steroid dienone is 1. The number of hydrogen-bond acceptors (Lipinski definition) is 2. The highest BCUT2D eigenvalue weighted by molar-refractivity contribution is 5.27. The van der Waals surface area contributed by atoms with Crippen LogP contribution >= 0.6 is 0 Å². The van der Waals surface area contributed by atoms with Crippen LogP contribution in [-0.2, 0) is 11.2 Å². The van der Waals surface area contributed by atoms with Crippen molar-refractivity contribution in [2.45, 2.75) is 65.1 Å². The number of benzene rings is 1. The Labute approximate surface area is 129 Å². The van der Waals surface area contributed by atoms with Crippen molar-refractivity contribution in [3.63, 3.8) is 0 Å². The minimum atomic E-state index is 0.119. The summed E-state index contributed by atoms with van der Waals surface area (Å²) >= 11 is 0. The van der Waals surface area contributed by atoms with Crippen molar-refractivity contribution in [2.24, 2.45) is 0 Å². The molecule has 1 unspecified atom stereocenters. The van der Waals surface area contributed by atoms with E-state index in [-0.39, 0.29) is 5.60 Å². The molecule has 0 spiro atoms. The van der Waals surface area contributed by atoms with Crippen LogP contribution in [0.4, 0.5) is 0 Å². The van der Waals surface area contributed by atoms with Gasteiger partial charge < -0.3 is 9.47 Å². The minimum absolute atomic E-state index is 0.119. The Morgan fingerprint density at radius 3 is 2.52 bits per heavy atom. The van der Waals surface area contributed by atoms with Gasteiger partial charge in [0.15, 0.2) is 0 Å². The molecule has 1 fully saturated rings. The molecule has 1 aliphatic rings. The average molecular weight is 288 g/mol. The van der Waals surface area contributed by atoms with Crippen molar-refractivity contribution in [2.75, 3.05) is 6.61 Å². The SMILES string of the molecule is CCc1ccc(OCCC=C(C)CCC2OC2(C)C)cc1. The van der Waals surface area contributed by atoms with Crippen molar-refractivity contribution in [3.8, 4) is 5.75 Å². The molecule has 0 saturated carbocycles. The summed E-state index contributed by atoms with van der Waals surface area (Å²) in [6.07, 6.45) is 7.04. The van der Waals surface area contributed by atoms with E-state index in [4.69, 9.17) is 9.47 Å². The number of rotatable bonds is 8. The number of aryl methyl sites for hydroxylation is 1. The Kier molecular flexibility index (Phi) is 5.46. The van der Waals surface area contributed by atoms with Crippen LogP contribution < -0.4 is 4.74 Å². The van der Waals surface area contributed by atoms with Crippen LogP contribution in [-0.4, -0.2) is 18.3 Å². The molecule has 2 nitrogen and oxygen atoms in total. The number of ether oxygens (including phenoxy) is 2. The van der Waals surface area contributed by atoms with Crippen LogP contribution in [0.5, 0.6) is 5.75 Å². The molecule has 2 rings (SSSR count). The minimum Gasteiger partial charge on any atom is -0.493 e. The molecule has 0 N–H and O–H groups in total. The van der Waals surface area contributed by atoms with Crippen molar-refractivity contribution < 1.29 is 9.47 Å². The van der Waals surface area contributed by atoms with Gasteiger partial charge in [-0.15, -0.1) is 0 Å². The zero-order chi connectivity index (χ0) is 15.3. The molecule has 116 valence electrons. The quantitative estimate of drug-likeness (QED) is 0.384. The third-order valence-corrected chi connectivity index (χ3v) is 4.18. The molecule has 1 aromatic rings. The lowest BCUT2D eigenvalue weighted by atomic mass is 10.0. The summed E-state index contributed by atoms with van der Waals surface area (Å²) in [5.74, 6) is 0.964. The molecule has 1 aliphatic heterocycles. The summed E-state index contributed by atoms with van der Waals surface area (Å²) < 4.78 is 11.4. The summed E-state index contributed by atoms with van der Waals surface area (Å²) in [6.45, 7) is 9.43. The molecule has 0 aromatic heterocycles.